The maximum atomic E-state index is 9.26. The second kappa shape index (κ2) is 9.11. The van der Waals surface area contributed by atoms with E-state index < -0.39 is 12.2 Å². The van der Waals surface area contributed by atoms with Crippen molar-refractivity contribution in [3.8, 4) is 0 Å². The second-order valence-electron chi connectivity index (χ2n) is 2.48. The van der Waals surface area contributed by atoms with Crippen molar-refractivity contribution in [1.29, 1.82) is 0 Å². The first kappa shape index (κ1) is 13.5. The van der Waals surface area contributed by atoms with E-state index in [9.17, 15) is 5.11 Å². The third-order valence-electron chi connectivity index (χ3n) is 1.21. The molecular weight excluding hydrogens is 212 g/mol. The Morgan fingerprint density at radius 1 is 1.23 bits per heavy atom. The van der Waals surface area contributed by atoms with Crippen molar-refractivity contribution in [2.24, 2.45) is 0 Å². The standard InChI is InChI=1S/C7H16O4S2/c1-12-13-5-7(10)4-11-3-6(9)2-8/h6-10H,2-5H2,1H3. The third-order valence-corrected chi connectivity index (χ3v) is 3.08. The van der Waals surface area contributed by atoms with Crippen LogP contribution in [-0.2, 0) is 4.74 Å². The molecule has 80 valence electrons. The zero-order valence-electron chi connectivity index (χ0n) is 7.55. The van der Waals surface area contributed by atoms with Crippen molar-refractivity contribution in [1.82, 2.24) is 0 Å². The quantitative estimate of drug-likeness (QED) is 0.497. The van der Waals surface area contributed by atoms with Gasteiger partial charge in [0, 0.05) is 5.75 Å². The number of hydrogen-bond acceptors (Lipinski definition) is 6. The molecule has 0 aromatic rings. The molecule has 0 aliphatic rings. The lowest BCUT2D eigenvalue weighted by molar-refractivity contribution is -0.0191. The van der Waals surface area contributed by atoms with E-state index in [4.69, 9.17) is 14.9 Å². The zero-order chi connectivity index (χ0) is 10.1. The molecule has 13 heavy (non-hydrogen) atoms. The van der Waals surface area contributed by atoms with Crippen molar-refractivity contribution < 1.29 is 20.1 Å². The maximum Gasteiger partial charge on any atom is 0.100 e. The third kappa shape index (κ3) is 8.86. The Labute approximate surface area is 86.1 Å². The van der Waals surface area contributed by atoms with Gasteiger partial charge in [-0.15, -0.1) is 0 Å². The van der Waals surface area contributed by atoms with E-state index in [1.165, 1.54) is 0 Å². The van der Waals surface area contributed by atoms with Crippen LogP contribution < -0.4 is 0 Å². The summed E-state index contributed by atoms with van der Waals surface area (Å²) in [7, 11) is 3.14. The van der Waals surface area contributed by atoms with E-state index >= 15 is 0 Å². The van der Waals surface area contributed by atoms with E-state index in [1.54, 1.807) is 21.6 Å². The van der Waals surface area contributed by atoms with Gasteiger partial charge in [0.2, 0.25) is 0 Å². The molecule has 4 nitrogen and oxygen atoms in total. The lowest BCUT2D eigenvalue weighted by atomic mass is 10.4. The summed E-state index contributed by atoms with van der Waals surface area (Å²) in [6.45, 7) is -0.0439. The van der Waals surface area contributed by atoms with E-state index in [-0.39, 0.29) is 19.8 Å². The van der Waals surface area contributed by atoms with Crippen LogP contribution in [-0.4, -0.2) is 59.4 Å². The van der Waals surface area contributed by atoms with Crippen LogP contribution >= 0.6 is 21.6 Å². The van der Waals surface area contributed by atoms with Gasteiger partial charge in [0.25, 0.3) is 0 Å². The second-order valence-corrected chi connectivity index (χ2v) is 5.09. The first-order chi connectivity index (χ1) is 6.20. The average molecular weight is 228 g/mol. The minimum absolute atomic E-state index is 0.0670. The molecule has 0 aliphatic heterocycles. The topological polar surface area (TPSA) is 69.9 Å². The summed E-state index contributed by atoms with van der Waals surface area (Å²) in [5.74, 6) is 0.608. The molecule has 0 rings (SSSR count). The van der Waals surface area contributed by atoms with Gasteiger partial charge >= 0.3 is 0 Å². The highest BCUT2D eigenvalue weighted by Gasteiger charge is 2.06. The van der Waals surface area contributed by atoms with Gasteiger partial charge in [0.1, 0.15) is 6.10 Å². The smallest absolute Gasteiger partial charge is 0.100 e. The number of rotatable bonds is 8. The molecular formula is C7H16O4S2. The summed E-state index contributed by atoms with van der Waals surface area (Å²) >= 11 is 0. The van der Waals surface area contributed by atoms with Crippen molar-refractivity contribution in [2.45, 2.75) is 12.2 Å². The summed E-state index contributed by atoms with van der Waals surface area (Å²) < 4.78 is 4.96. The molecule has 0 aromatic carbocycles. The van der Waals surface area contributed by atoms with Gasteiger partial charge in [-0.1, -0.05) is 21.6 Å². The van der Waals surface area contributed by atoms with Crippen molar-refractivity contribution >= 4 is 21.6 Å². The molecule has 0 aromatic heterocycles. The molecule has 0 saturated carbocycles. The first-order valence-electron chi connectivity index (χ1n) is 3.91. The normalized spacial score (nSPS) is 15.7. The van der Waals surface area contributed by atoms with Gasteiger partial charge in [-0.05, 0) is 6.26 Å². The number of aliphatic hydroxyl groups is 3. The minimum atomic E-state index is -0.847. The van der Waals surface area contributed by atoms with Crippen LogP contribution in [0.4, 0.5) is 0 Å². The monoisotopic (exact) mass is 228 g/mol. The van der Waals surface area contributed by atoms with Gasteiger partial charge in [-0.25, -0.2) is 0 Å². The van der Waals surface area contributed by atoms with Crippen molar-refractivity contribution in [3.63, 3.8) is 0 Å². The highest BCUT2D eigenvalue weighted by molar-refractivity contribution is 8.76. The minimum Gasteiger partial charge on any atom is -0.394 e. The Balaban J connectivity index is 3.21. The Morgan fingerprint density at radius 3 is 2.38 bits per heavy atom. The van der Waals surface area contributed by atoms with Crippen molar-refractivity contribution in [2.75, 3.05) is 31.8 Å². The van der Waals surface area contributed by atoms with Gasteiger partial charge in [-0.2, -0.15) is 0 Å². The average Bonchev–Trinajstić information content (AvgIpc) is 2.14. The van der Waals surface area contributed by atoms with E-state index in [1.807, 2.05) is 6.26 Å². The van der Waals surface area contributed by atoms with Crippen LogP contribution in [0.25, 0.3) is 0 Å². The predicted molar refractivity (Wildman–Crippen MR) is 55.9 cm³/mol. The molecule has 0 fully saturated rings. The fraction of sp³-hybridized carbons (Fsp3) is 1.00. The fourth-order valence-corrected chi connectivity index (χ4v) is 1.86. The predicted octanol–water partition coefficient (Wildman–Crippen LogP) is -0.272. The largest absolute Gasteiger partial charge is 0.394 e. The lowest BCUT2D eigenvalue weighted by Gasteiger charge is -2.11. The summed E-state index contributed by atoms with van der Waals surface area (Å²) in [4.78, 5) is 0. The molecule has 0 amide bonds. The van der Waals surface area contributed by atoms with Crippen LogP contribution in [0.15, 0.2) is 0 Å². The number of aliphatic hydroxyl groups excluding tert-OH is 3. The Hall–Kier alpha value is 0.540. The Kier molecular flexibility index (Phi) is 9.49. The SMILES string of the molecule is CSSCC(O)COCC(O)CO. The lowest BCUT2D eigenvalue weighted by Crippen LogP contribution is -2.24. The van der Waals surface area contributed by atoms with Gasteiger partial charge in [0.05, 0.1) is 25.9 Å². The number of hydrogen-bond donors (Lipinski definition) is 3. The summed E-state index contributed by atoms with van der Waals surface area (Å²) in [5.41, 5.74) is 0. The Morgan fingerprint density at radius 2 is 1.85 bits per heavy atom. The fourth-order valence-electron chi connectivity index (χ4n) is 0.588. The highest BCUT2D eigenvalue weighted by Crippen LogP contribution is 2.17. The molecule has 2 atom stereocenters. The summed E-state index contributed by atoms with van der Waals surface area (Å²) in [5, 5.41) is 26.6. The van der Waals surface area contributed by atoms with Crippen LogP contribution in [0.3, 0.4) is 0 Å². The highest BCUT2D eigenvalue weighted by atomic mass is 33.1. The van der Waals surface area contributed by atoms with Crippen LogP contribution in [0.2, 0.25) is 0 Å². The molecule has 0 radical (unpaired) electrons. The van der Waals surface area contributed by atoms with Gasteiger partial charge < -0.3 is 20.1 Å². The van der Waals surface area contributed by atoms with Crippen LogP contribution in [0.5, 0.6) is 0 Å². The van der Waals surface area contributed by atoms with E-state index in [0.29, 0.717) is 5.75 Å². The maximum absolute atomic E-state index is 9.26. The van der Waals surface area contributed by atoms with Crippen molar-refractivity contribution in [3.05, 3.63) is 0 Å². The van der Waals surface area contributed by atoms with Gasteiger partial charge in [0.15, 0.2) is 0 Å². The summed E-state index contributed by atoms with van der Waals surface area (Å²) in [6.07, 6.45) is 0.581. The van der Waals surface area contributed by atoms with Crippen LogP contribution in [0, 0.1) is 0 Å². The molecule has 0 heterocycles. The molecule has 2 unspecified atom stereocenters. The zero-order valence-corrected chi connectivity index (χ0v) is 9.18. The van der Waals surface area contributed by atoms with Crippen LogP contribution in [0.1, 0.15) is 0 Å². The molecule has 3 N–H and O–H groups in total. The van der Waals surface area contributed by atoms with E-state index in [0.717, 1.165) is 0 Å². The van der Waals surface area contributed by atoms with Gasteiger partial charge in [-0.3, -0.25) is 0 Å². The first-order valence-corrected chi connectivity index (χ1v) is 6.63. The molecule has 0 aliphatic carbocycles. The molecule has 0 saturated heterocycles. The number of ether oxygens (including phenoxy) is 1. The Bertz CT molecular complexity index is 115. The molecule has 6 heteroatoms. The van der Waals surface area contributed by atoms with E-state index in [2.05, 4.69) is 0 Å². The molecule has 0 bridgehead atoms. The summed E-state index contributed by atoms with van der Waals surface area (Å²) in [6, 6.07) is 0. The molecule has 0 spiro atoms.